The van der Waals surface area contributed by atoms with Crippen LogP contribution < -0.4 is 10.4 Å². The number of nitrogens with zero attached hydrogens (tertiary/aromatic N) is 1. The van der Waals surface area contributed by atoms with Crippen LogP contribution >= 0.6 is 0 Å². The van der Waals surface area contributed by atoms with Gasteiger partial charge in [-0.1, -0.05) is 42.5 Å². The van der Waals surface area contributed by atoms with Crippen LogP contribution in [0.25, 0.3) is 34.1 Å². The van der Waals surface area contributed by atoms with E-state index in [1.165, 1.54) is 7.11 Å². The van der Waals surface area contributed by atoms with Crippen molar-refractivity contribution in [1.29, 1.82) is 5.26 Å². The Bertz CT molecular complexity index is 1360. The molecule has 0 unspecified atom stereocenters. The predicted octanol–water partition coefficient (Wildman–Crippen LogP) is 5.22. The summed E-state index contributed by atoms with van der Waals surface area (Å²) in [6, 6.07) is 21.6. The van der Waals surface area contributed by atoms with Crippen LogP contribution in [0.4, 0.5) is 0 Å². The molecular weight excluding hydrogens is 378 g/mol. The lowest BCUT2D eigenvalue weighted by atomic mass is 9.97. The summed E-state index contributed by atoms with van der Waals surface area (Å²) in [5.74, 6) is 0.703. The molecular formula is C25H17NO4. The van der Waals surface area contributed by atoms with Crippen molar-refractivity contribution in [2.75, 3.05) is 7.11 Å². The molecule has 4 rings (SSSR count). The van der Waals surface area contributed by atoms with Crippen molar-refractivity contribution in [3.63, 3.8) is 0 Å². The lowest BCUT2D eigenvalue weighted by molar-refractivity contribution is 0.373. The highest BCUT2D eigenvalue weighted by Crippen LogP contribution is 2.34. The molecule has 4 aromatic rings. The Morgan fingerprint density at radius 2 is 1.70 bits per heavy atom. The maximum Gasteiger partial charge on any atom is 0.344 e. The van der Waals surface area contributed by atoms with Gasteiger partial charge in [0.25, 0.3) is 0 Å². The molecule has 146 valence electrons. The third-order valence-electron chi connectivity index (χ3n) is 4.83. The fourth-order valence-corrected chi connectivity index (χ4v) is 3.35. The minimum Gasteiger partial charge on any atom is -0.504 e. The van der Waals surface area contributed by atoms with Crippen LogP contribution in [0, 0.1) is 11.3 Å². The van der Waals surface area contributed by atoms with Crippen molar-refractivity contribution in [3.05, 3.63) is 94.0 Å². The molecule has 0 bridgehead atoms. The van der Waals surface area contributed by atoms with Crippen LogP contribution in [-0.4, -0.2) is 12.2 Å². The normalized spacial score (nSPS) is 10.9. The number of ether oxygens (including phenoxy) is 1. The topological polar surface area (TPSA) is 83.5 Å². The molecule has 0 saturated heterocycles. The summed E-state index contributed by atoms with van der Waals surface area (Å²) in [5, 5.41) is 20.6. The summed E-state index contributed by atoms with van der Waals surface area (Å²) < 4.78 is 10.8. The minimum atomic E-state index is -0.447. The van der Waals surface area contributed by atoms with Crippen LogP contribution in [0.15, 0.2) is 75.9 Å². The summed E-state index contributed by atoms with van der Waals surface area (Å²) in [5.41, 5.74) is 2.16. The number of phenols is 1. The minimum absolute atomic E-state index is 0.000640. The third kappa shape index (κ3) is 3.43. The Morgan fingerprint density at radius 3 is 2.40 bits per heavy atom. The zero-order chi connectivity index (χ0) is 21.1. The zero-order valence-electron chi connectivity index (χ0n) is 16.1. The van der Waals surface area contributed by atoms with E-state index < -0.39 is 5.63 Å². The Hall–Kier alpha value is -4.30. The summed E-state index contributed by atoms with van der Waals surface area (Å²) in [7, 11) is 1.48. The molecule has 0 aliphatic heterocycles. The van der Waals surface area contributed by atoms with Crippen LogP contribution in [0.1, 0.15) is 16.9 Å². The number of aromatic hydroxyl groups is 1. The van der Waals surface area contributed by atoms with Gasteiger partial charge in [0.1, 0.15) is 5.76 Å². The Labute approximate surface area is 172 Å². The van der Waals surface area contributed by atoms with E-state index in [0.717, 1.165) is 16.5 Å². The van der Waals surface area contributed by atoms with E-state index in [1.54, 1.807) is 54.6 Å². The van der Waals surface area contributed by atoms with E-state index in [1.807, 2.05) is 24.3 Å². The Morgan fingerprint density at radius 1 is 0.967 bits per heavy atom. The van der Waals surface area contributed by atoms with Crippen molar-refractivity contribution < 1.29 is 14.3 Å². The van der Waals surface area contributed by atoms with E-state index in [0.29, 0.717) is 28.0 Å². The first-order valence-electron chi connectivity index (χ1n) is 9.23. The van der Waals surface area contributed by atoms with E-state index >= 15 is 0 Å². The monoisotopic (exact) mass is 395 g/mol. The highest BCUT2D eigenvalue weighted by Gasteiger charge is 2.14. The number of hydrogen-bond donors (Lipinski definition) is 1. The van der Waals surface area contributed by atoms with Crippen LogP contribution in [0.2, 0.25) is 0 Å². The first-order valence-corrected chi connectivity index (χ1v) is 9.23. The maximum atomic E-state index is 12.5. The number of fused-ring (bicyclic) bond motifs is 1. The molecule has 0 radical (unpaired) electrons. The van der Waals surface area contributed by atoms with Crippen molar-refractivity contribution in [2.24, 2.45) is 0 Å². The number of phenolic OH excluding ortho intramolecular Hbond substituents is 1. The van der Waals surface area contributed by atoms with E-state index in [4.69, 9.17) is 14.4 Å². The summed E-state index contributed by atoms with van der Waals surface area (Å²) in [4.78, 5) is 12.5. The summed E-state index contributed by atoms with van der Waals surface area (Å²) in [6.45, 7) is 0. The van der Waals surface area contributed by atoms with Crippen molar-refractivity contribution in [3.8, 4) is 28.7 Å². The highest BCUT2D eigenvalue weighted by molar-refractivity contribution is 5.99. The fourth-order valence-electron chi connectivity index (χ4n) is 3.35. The second-order valence-corrected chi connectivity index (χ2v) is 6.59. The predicted molar refractivity (Wildman–Crippen MR) is 116 cm³/mol. The van der Waals surface area contributed by atoms with Gasteiger partial charge in [-0.3, -0.25) is 0 Å². The summed E-state index contributed by atoms with van der Waals surface area (Å²) >= 11 is 0. The standard InChI is InChI=1S/C25H17NO4/c1-29-22-8-4-5-18(24(22)27)13-14-21-23(17-11-9-16(15-26)10-12-17)19-6-2-3-7-20(19)25(28)30-21/h2-14,27H,1H3. The lowest BCUT2D eigenvalue weighted by Crippen LogP contribution is -2.02. The Kier molecular flexibility index (Phi) is 5.06. The van der Waals surface area contributed by atoms with Gasteiger partial charge in [-0.25, -0.2) is 4.79 Å². The molecule has 0 aliphatic rings. The lowest BCUT2D eigenvalue weighted by Gasteiger charge is -2.10. The maximum absolute atomic E-state index is 12.5. The largest absolute Gasteiger partial charge is 0.504 e. The molecule has 5 heteroatoms. The summed E-state index contributed by atoms with van der Waals surface area (Å²) in [6.07, 6.45) is 3.31. The average Bonchev–Trinajstić information content (AvgIpc) is 2.79. The van der Waals surface area contributed by atoms with Crippen molar-refractivity contribution in [1.82, 2.24) is 0 Å². The fraction of sp³-hybridized carbons (Fsp3) is 0.0400. The smallest absolute Gasteiger partial charge is 0.344 e. The molecule has 0 atom stereocenters. The molecule has 1 heterocycles. The second kappa shape index (κ2) is 7.98. The molecule has 0 saturated carbocycles. The number of rotatable bonds is 4. The van der Waals surface area contributed by atoms with Crippen LogP contribution in [0.5, 0.6) is 11.5 Å². The molecule has 1 aromatic heterocycles. The Balaban J connectivity index is 1.93. The van der Waals surface area contributed by atoms with Gasteiger partial charge in [0.05, 0.1) is 24.1 Å². The number of methoxy groups -OCH3 is 1. The quantitative estimate of drug-likeness (QED) is 0.512. The average molecular weight is 395 g/mol. The van der Waals surface area contributed by atoms with Crippen LogP contribution in [-0.2, 0) is 0 Å². The van der Waals surface area contributed by atoms with E-state index in [2.05, 4.69) is 6.07 Å². The van der Waals surface area contributed by atoms with Gasteiger partial charge in [-0.05, 0) is 42.0 Å². The zero-order valence-corrected chi connectivity index (χ0v) is 16.1. The van der Waals surface area contributed by atoms with Gasteiger partial charge in [-0.2, -0.15) is 5.26 Å². The van der Waals surface area contributed by atoms with Gasteiger partial charge >= 0.3 is 5.63 Å². The molecule has 5 nitrogen and oxygen atoms in total. The van der Waals surface area contributed by atoms with Crippen molar-refractivity contribution >= 4 is 22.9 Å². The van der Waals surface area contributed by atoms with E-state index in [9.17, 15) is 9.90 Å². The number of nitriles is 1. The van der Waals surface area contributed by atoms with Gasteiger partial charge in [0.2, 0.25) is 0 Å². The van der Waals surface area contributed by atoms with Gasteiger partial charge in [0.15, 0.2) is 11.5 Å². The van der Waals surface area contributed by atoms with Gasteiger partial charge < -0.3 is 14.3 Å². The molecule has 1 N–H and O–H groups in total. The number of hydrogen-bond acceptors (Lipinski definition) is 5. The van der Waals surface area contributed by atoms with Gasteiger partial charge in [-0.15, -0.1) is 0 Å². The molecule has 0 spiro atoms. The van der Waals surface area contributed by atoms with Gasteiger partial charge in [0, 0.05) is 16.5 Å². The first kappa shape index (κ1) is 19.0. The second-order valence-electron chi connectivity index (χ2n) is 6.59. The highest BCUT2D eigenvalue weighted by atomic mass is 16.5. The molecule has 0 amide bonds. The molecule has 30 heavy (non-hydrogen) atoms. The first-order chi connectivity index (χ1) is 14.6. The van der Waals surface area contributed by atoms with Crippen LogP contribution in [0.3, 0.4) is 0 Å². The number of benzene rings is 3. The van der Waals surface area contributed by atoms with Crippen molar-refractivity contribution in [2.45, 2.75) is 0 Å². The van der Waals surface area contributed by atoms with E-state index in [-0.39, 0.29) is 5.75 Å². The molecule has 3 aromatic carbocycles. The number of para-hydroxylation sites is 1. The SMILES string of the molecule is COc1cccc(C=Cc2oc(=O)c3ccccc3c2-c2ccc(C#N)cc2)c1O. The third-order valence-corrected chi connectivity index (χ3v) is 4.83. The molecule has 0 fully saturated rings. The molecule has 0 aliphatic carbocycles.